The molecule has 2 unspecified atom stereocenters. The second-order valence-electron chi connectivity index (χ2n) is 14.4. The highest BCUT2D eigenvalue weighted by atomic mass is 31.2. The topological polar surface area (TPSA) is 108 Å². The van der Waals surface area contributed by atoms with Gasteiger partial charge in [-0.25, -0.2) is 4.57 Å². The molecular weight excluding hydrogens is 675 g/mol. The first-order chi connectivity index (χ1) is 25.3. The third-order valence-corrected chi connectivity index (χ3v) is 10.3. The van der Waals surface area contributed by atoms with Crippen LogP contribution in [-0.4, -0.2) is 42.8 Å². The van der Waals surface area contributed by atoms with Gasteiger partial charge in [0.15, 0.2) is 6.10 Å². The smallest absolute Gasteiger partial charge is 0.462 e. The molecule has 8 nitrogen and oxygen atoms in total. The van der Waals surface area contributed by atoms with Crippen molar-refractivity contribution >= 4 is 19.8 Å². The van der Waals surface area contributed by atoms with Crippen LogP contribution < -0.4 is 0 Å². The molecule has 0 aliphatic rings. The van der Waals surface area contributed by atoms with E-state index in [9.17, 15) is 19.0 Å². The van der Waals surface area contributed by atoms with Gasteiger partial charge in [0.1, 0.15) is 6.61 Å². The highest BCUT2D eigenvalue weighted by Gasteiger charge is 2.25. The molecule has 0 aliphatic carbocycles. The molecule has 0 amide bonds. The lowest BCUT2D eigenvalue weighted by Gasteiger charge is -2.19. The number of esters is 2. The number of hydrogen-bond acceptors (Lipinski definition) is 7. The van der Waals surface area contributed by atoms with Gasteiger partial charge in [0.05, 0.1) is 13.2 Å². The fourth-order valence-electron chi connectivity index (χ4n) is 6.06. The summed E-state index contributed by atoms with van der Waals surface area (Å²) in [5, 5.41) is 0. The first kappa shape index (κ1) is 50.5. The first-order valence-electron chi connectivity index (χ1n) is 21.6. The molecule has 1 N–H and O–H groups in total. The van der Waals surface area contributed by atoms with Gasteiger partial charge in [-0.3, -0.25) is 18.6 Å². The quantitative estimate of drug-likeness (QED) is 0.0285. The van der Waals surface area contributed by atoms with E-state index in [1.165, 1.54) is 109 Å². The molecule has 0 heterocycles. The van der Waals surface area contributed by atoms with Gasteiger partial charge in [-0.05, 0) is 45.4 Å². The number of carbonyl (C=O) groups is 2. The van der Waals surface area contributed by atoms with Gasteiger partial charge in [-0.1, -0.05) is 179 Å². The van der Waals surface area contributed by atoms with Crippen LogP contribution in [0.1, 0.15) is 213 Å². The van der Waals surface area contributed by atoms with E-state index in [4.69, 9.17) is 18.5 Å². The van der Waals surface area contributed by atoms with Crippen molar-refractivity contribution in [3.63, 3.8) is 0 Å². The van der Waals surface area contributed by atoms with Crippen LogP contribution in [0.2, 0.25) is 0 Å². The van der Waals surface area contributed by atoms with Crippen LogP contribution in [0.3, 0.4) is 0 Å². The summed E-state index contributed by atoms with van der Waals surface area (Å²) < 4.78 is 32.6. The van der Waals surface area contributed by atoms with E-state index < -0.39 is 26.5 Å². The highest BCUT2D eigenvalue weighted by molar-refractivity contribution is 7.47. The third kappa shape index (κ3) is 38.3. The van der Waals surface area contributed by atoms with Gasteiger partial charge < -0.3 is 14.4 Å². The van der Waals surface area contributed by atoms with Crippen LogP contribution in [0.5, 0.6) is 0 Å². The molecule has 306 valence electrons. The zero-order valence-electron chi connectivity index (χ0n) is 34.0. The van der Waals surface area contributed by atoms with Crippen molar-refractivity contribution in [2.45, 2.75) is 219 Å². The fraction of sp³-hybridized carbons (Fsp3) is 0.860. The van der Waals surface area contributed by atoms with Crippen molar-refractivity contribution in [2.24, 2.45) is 0 Å². The Bertz CT molecular complexity index is 906. The number of rotatable bonds is 40. The van der Waals surface area contributed by atoms with E-state index in [-0.39, 0.29) is 25.6 Å². The number of hydrogen-bond donors (Lipinski definition) is 1. The van der Waals surface area contributed by atoms with Crippen LogP contribution in [0.4, 0.5) is 0 Å². The fourth-order valence-corrected chi connectivity index (χ4v) is 6.81. The summed E-state index contributed by atoms with van der Waals surface area (Å²) in [6, 6.07) is 0. The van der Waals surface area contributed by atoms with Crippen molar-refractivity contribution in [3.8, 4) is 0 Å². The van der Waals surface area contributed by atoms with Gasteiger partial charge in [0, 0.05) is 12.8 Å². The van der Waals surface area contributed by atoms with E-state index in [2.05, 4.69) is 38.2 Å². The summed E-state index contributed by atoms with van der Waals surface area (Å²) in [4.78, 5) is 34.7. The predicted molar refractivity (Wildman–Crippen MR) is 216 cm³/mol. The summed E-state index contributed by atoms with van der Waals surface area (Å²) in [6.45, 7) is 5.44. The second-order valence-corrected chi connectivity index (χ2v) is 15.8. The Morgan fingerprint density at radius 2 is 0.942 bits per heavy atom. The number of ether oxygens (including phenoxy) is 2. The van der Waals surface area contributed by atoms with E-state index >= 15 is 0 Å². The van der Waals surface area contributed by atoms with Crippen molar-refractivity contribution in [1.82, 2.24) is 0 Å². The second kappa shape index (κ2) is 39.2. The molecule has 0 fully saturated rings. The number of phosphoric ester groups is 1. The third-order valence-electron chi connectivity index (χ3n) is 9.26. The largest absolute Gasteiger partial charge is 0.472 e. The first-order valence-corrected chi connectivity index (χ1v) is 23.1. The van der Waals surface area contributed by atoms with Crippen LogP contribution in [0, 0.1) is 0 Å². The highest BCUT2D eigenvalue weighted by Crippen LogP contribution is 2.43. The molecule has 2 atom stereocenters. The van der Waals surface area contributed by atoms with Crippen molar-refractivity contribution in [2.75, 3.05) is 19.8 Å². The molecule has 0 radical (unpaired) electrons. The summed E-state index contributed by atoms with van der Waals surface area (Å²) in [6.07, 6.45) is 42.3. The van der Waals surface area contributed by atoms with Crippen LogP contribution >= 0.6 is 7.82 Å². The molecule has 0 saturated carbocycles. The van der Waals surface area contributed by atoms with E-state index in [1.807, 2.05) is 0 Å². The van der Waals surface area contributed by atoms with Crippen molar-refractivity contribution < 1.29 is 37.6 Å². The normalized spacial score (nSPS) is 13.5. The molecule has 0 aliphatic heterocycles. The average Bonchev–Trinajstić information content (AvgIpc) is 3.12. The Labute approximate surface area is 320 Å². The number of phosphoric acid groups is 1. The number of carbonyl (C=O) groups excluding carboxylic acids is 2. The Hall–Kier alpha value is -1.47. The van der Waals surface area contributed by atoms with Gasteiger partial charge in [0.2, 0.25) is 0 Å². The minimum atomic E-state index is -4.28. The van der Waals surface area contributed by atoms with Gasteiger partial charge in [-0.2, -0.15) is 0 Å². The molecule has 0 rings (SSSR count). The maximum absolute atomic E-state index is 12.5. The summed E-state index contributed by atoms with van der Waals surface area (Å²) >= 11 is 0. The molecular formula is C43H81O8P. The lowest BCUT2D eigenvalue weighted by molar-refractivity contribution is -0.161. The lowest BCUT2D eigenvalue weighted by Crippen LogP contribution is -2.29. The Morgan fingerprint density at radius 3 is 1.42 bits per heavy atom. The number of allylic oxidation sites excluding steroid dienone is 4. The van der Waals surface area contributed by atoms with Crippen molar-refractivity contribution in [3.05, 3.63) is 24.3 Å². The van der Waals surface area contributed by atoms with Crippen LogP contribution in [-0.2, 0) is 32.7 Å². The minimum Gasteiger partial charge on any atom is -0.462 e. The van der Waals surface area contributed by atoms with Crippen LogP contribution in [0.25, 0.3) is 0 Å². The molecule has 0 aromatic carbocycles. The maximum Gasteiger partial charge on any atom is 0.472 e. The summed E-state index contributed by atoms with van der Waals surface area (Å²) in [5.74, 6) is -0.805. The zero-order chi connectivity index (χ0) is 38.2. The molecule has 9 heteroatoms. The van der Waals surface area contributed by atoms with E-state index in [1.54, 1.807) is 6.92 Å². The summed E-state index contributed by atoms with van der Waals surface area (Å²) in [7, 11) is -4.28. The lowest BCUT2D eigenvalue weighted by atomic mass is 10.0. The monoisotopic (exact) mass is 757 g/mol. The maximum atomic E-state index is 12.5. The van der Waals surface area contributed by atoms with E-state index in [0.29, 0.717) is 12.8 Å². The molecule has 0 aromatic heterocycles. The van der Waals surface area contributed by atoms with Gasteiger partial charge >= 0.3 is 19.8 Å². The Balaban J connectivity index is 4.05. The molecule has 0 aromatic rings. The average molecular weight is 757 g/mol. The zero-order valence-corrected chi connectivity index (χ0v) is 34.9. The van der Waals surface area contributed by atoms with Crippen molar-refractivity contribution in [1.29, 1.82) is 0 Å². The number of unbranched alkanes of at least 4 members (excludes halogenated alkanes) is 24. The van der Waals surface area contributed by atoms with E-state index in [0.717, 1.165) is 64.2 Å². The Kier molecular flexibility index (Phi) is 38.1. The SMILES string of the molecule is CCCC/C=C\C/C=C\CCCCCCCC(=O)OC(COC(=O)CCCCCCCCCCCCCCCCCCCC)COP(=O)(O)OCC. The van der Waals surface area contributed by atoms with Crippen LogP contribution in [0.15, 0.2) is 24.3 Å². The summed E-state index contributed by atoms with van der Waals surface area (Å²) in [5.41, 5.74) is 0. The molecule has 0 spiro atoms. The van der Waals surface area contributed by atoms with Gasteiger partial charge in [0.25, 0.3) is 0 Å². The Morgan fingerprint density at radius 1 is 0.519 bits per heavy atom. The standard InChI is InChI=1S/C43H81O8P/c1-4-7-9-11-13-15-17-19-21-22-23-24-26-27-29-31-33-35-37-42(44)48-39-41(40-50-52(46,47)49-6-3)51-43(45)38-36-34-32-30-28-25-20-18-16-14-12-10-8-5-2/h12,14,18,20,41H,4-11,13,15-17,19,21-40H2,1-3H3,(H,46,47)/b14-12-,20-18-. The predicted octanol–water partition coefficient (Wildman–Crippen LogP) is 13.5. The van der Waals surface area contributed by atoms with Gasteiger partial charge in [-0.15, -0.1) is 0 Å². The molecule has 52 heavy (non-hydrogen) atoms. The molecule has 0 saturated heterocycles. The minimum absolute atomic E-state index is 0.000620. The molecule has 0 bridgehead atoms.